The molecule has 0 bridgehead atoms. The second kappa shape index (κ2) is 10.1. The monoisotopic (exact) mass is 418 g/mol. The van der Waals surface area contributed by atoms with Gasteiger partial charge < -0.3 is 25.0 Å². The van der Waals surface area contributed by atoms with Gasteiger partial charge in [0.15, 0.2) is 5.96 Å². The first-order chi connectivity index (χ1) is 14.5. The average Bonchev–Trinajstić information content (AvgIpc) is 3.22. The second-order valence-corrected chi connectivity index (χ2v) is 7.13. The van der Waals surface area contributed by atoms with Crippen LogP contribution in [0.1, 0.15) is 12.0 Å². The SMILES string of the molecule is CN=C(NCCc1ccc(F)cc1F)NC1CCN(c2cc(OC)cc(OC)c2)C1. The molecule has 1 fully saturated rings. The Morgan fingerprint density at radius 3 is 2.50 bits per heavy atom. The van der Waals surface area contributed by atoms with Gasteiger partial charge in [0.2, 0.25) is 0 Å². The molecule has 1 unspecified atom stereocenters. The zero-order valence-corrected chi connectivity index (χ0v) is 17.5. The van der Waals surface area contributed by atoms with E-state index in [-0.39, 0.29) is 6.04 Å². The summed E-state index contributed by atoms with van der Waals surface area (Å²) in [6.45, 7) is 2.20. The van der Waals surface area contributed by atoms with Gasteiger partial charge in [0.1, 0.15) is 23.1 Å². The fourth-order valence-corrected chi connectivity index (χ4v) is 3.52. The van der Waals surface area contributed by atoms with Crippen molar-refractivity contribution in [3.8, 4) is 11.5 Å². The molecular weight excluding hydrogens is 390 g/mol. The summed E-state index contributed by atoms with van der Waals surface area (Å²) in [5.41, 5.74) is 1.52. The van der Waals surface area contributed by atoms with E-state index in [2.05, 4.69) is 20.5 Å². The molecule has 0 amide bonds. The van der Waals surface area contributed by atoms with Crippen LogP contribution in [0.5, 0.6) is 11.5 Å². The Balaban J connectivity index is 1.52. The van der Waals surface area contributed by atoms with E-state index in [1.165, 1.54) is 12.1 Å². The third-order valence-electron chi connectivity index (χ3n) is 5.16. The van der Waals surface area contributed by atoms with Gasteiger partial charge in [0.05, 0.1) is 14.2 Å². The molecule has 0 saturated carbocycles. The van der Waals surface area contributed by atoms with Crippen LogP contribution in [-0.2, 0) is 6.42 Å². The largest absolute Gasteiger partial charge is 0.497 e. The molecule has 1 aliphatic rings. The van der Waals surface area contributed by atoms with E-state index in [1.807, 2.05) is 18.2 Å². The molecule has 1 heterocycles. The normalized spacial score (nSPS) is 16.5. The zero-order chi connectivity index (χ0) is 21.5. The summed E-state index contributed by atoms with van der Waals surface area (Å²) in [5, 5.41) is 6.61. The van der Waals surface area contributed by atoms with Crippen LogP contribution in [0.15, 0.2) is 41.4 Å². The molecule has 0 radical (unpaired) electrons. The second-order valence-electron chi connectivity index (χ2n) is 7.13. The summed E-state index contributed by atoms with van der Waals surface area (Å²) in [7, 11) is 4.98. The predicted molar refractivity (Wildman–Crippen MR) is 115 cm³/mol. The number of ether oxygens (including phenoxy) is 2. The summed E-state index contributed by atoms with van der Waals surface area (Å²) in [6.07, 6.45) is 1.39. The van der Waals surface area contributed by atoms with E-state index < -0.39 is 11.6 Å². The van der Waals surface area contributed by atoms with Crippen molar-refractivity contribution in [1.29, 1.82) is 0 Å². The first-order valence-electron chi connectivity index (χ1n) is 9.91. The summed E-state index contributed by atoms with van der Waals surface area (Å²) in [5.74, 6) is 1.08. The van der Waals surface area contributed by atoms with Crippen LogP contribution in [0.25, 0.3) is 0 Å². The van der Waals surface area contributed by atoms with Crippen molar-refractivity contribution in [3.05, 3.63) is 53.6 Å². The Bertz CT molecular complexity index is 869. The molecule has 8 heteroatoms. The molecule has 2 N–H and O–H groups in total. The van der Waals surface area contributed by atoms with E-state index in [1.54, 1.807) is 21.3 Å². The number of nitrogens with one attached hydrogen (secondary N) is 2. The highest BCUT2D eigenvalue weighted by Crippen LogP contribution is 2.30. The highest BCUT2D eigenvalue weighted by atomic mass is 19.1. The van der Waals surface area contributed by atoms with Crippen molar-refractivity contribution in [3.63, 3.8) is 0 Å². The minimum absolute atomic E-state index is 0.218. The van der Waals surface area contributed by atoms with Crippen LogP contribution >= 0.6 is 0 Å². The Kier molecular flexibility index (Phi) is 7.32. The Hall–Kier alpha value is -3.03. The maximum atomic E-state index is 13.8. The maximum absolute atomic E-state index is 13.8. The van der Waals surface area contributed by atoms with E-state index in [0.29, 0.717) is 24.5 Å². The summed E-state index contributed by atoms with van der Waals surface area (Å²) >= 11 is 0. The van der Waals surface area contributed by atoms with Crippen LogP contribution in [0.2, 0.25) is 0 Å². The predicted octanol–water partition coefficient (Wildman–Crippen LogP) is 2.97. The van der Waals surface area contributed by atoms with Gasteiger partial charge in [-0.15, -0.1) is 0 Å². The third-order valence-corrected chi connectivity index (χ3v) is 5.16. The van der Waals surface area contributed by atoms with Crippen LogP contribution in [0.4, 0.5) is 14.5 Å². The van der Waals surface area contributed by atoms with Crippen molar-refractivity contribution < 1.29 is 18.3 Å². The lowest BCUT2D eigenvalue weighted by atomic mass is 10.1. The molecular formula is C22H28F2N4O2. The van der Waals surface area contributed by atoms with Gasteiger partial charge in [-0.1, -0.05) is 6.07 Å². The number of halogens is 2. The van der Waals surface area contributed by atoms with E-state index in [9.17, 15) is 8.78 Å². The Labute approximate surface area is 175 Å². The number of benzene rings is 2. The van der Waals surface area contributed by atoms with Gasteiger partial charge in [-0.2, -0.15) is 0 Å². The molecule has 1 saturated heterocycles. The lowest BCUT2D eigenvalue weighted by molar-refractivity contribution is 0.394. The number of guanidine groups is 1. The van der Waals surface area contributed by atoms with Gasteiger partial charge in [-0.05, 0) is 24.5 Å². The lowest BCUT2D eigenvalue weighted by Crippen LogP contribution is -2.45. The summed E-state index contributed by atoms with van der Waals surface area (Å²) in [4.78, 5) is 6.52. The number of methoxy groups -OCH3 is 2. The quantitative estimate of drug-likeness (QED) is 0.535. The van der Waals surface area contributed by atoms with Crippen molar-refractivity contribution in [2.45, 2.75) is 18.9 Å². The van der Waals surface area contributed by atoms with Crippen molar-refractivity contribution in [1.82, 2.24) is 10.6 Å². The first kappa shape index (κ1) is 21.7. The topological polar surface area (TPSA) is 58.1 Å². The fourth-order valence-electron chi connectivity index (χ4n) is 3.52. The number of rotatable bonds is 7. The van der Waals surface area contributed by atoms with Crippen LogP contribution < -0.4 is 25.0 Å². The van der Waals surface area contributed by atoms with E-state index >= 15 is 0 Å². The third kappa shape index (κ3) is 5.52. The maximum Gasteiger partial charge on any atom is 0.191 e. The van der Waals surface area contributed by atoms with Crippen LogP contribution in [0, 0.1) is 11.6 Å². The van der Waals surface area contributed by atoms with Crippen molar-refractivity contribution in [2.24, 2.45) is 4.99 Å². The average molecular weight is 418 g/mol. The van der Waals surface area contributed by atoms with Crippen LogP contribution in [-0.4, -0.2) is 52.9 Å². The van der Waals surface area contributed by atoms with E-state index in [0.717, 1.165) is 42.8 Å². The zero-order valence-electron chi connectivity index (χ0n) is 17.5. The Morgan fingerprint density at radius 2 is 1.87 bits per heavy atom. The molecule has 0 aromatic heterocycles. The lowest BCUT2D eigenvalue weighted by Gasteiger charge is -2.21. The molecule has 30 heavy (non-hydrogen) atoms. The van der Waals surface area contributed by atoms with Gasteiger partial charge in [-0.3, -0.25) is 4.99 Å². The van der Waals surface area contributed by atoms with Gasteiger partial charge in [-0.25, -0.2) is 8.78 Å². The first-order valence-corrected chi connectivity index (χ1v) is 9.91. The molecule has 3 rings (SSSR count). The van der Waals surface area contributed by atoms with Gasteiger partial charge in [0, 0.05) is 62.7 Å². The molecule has 2 aromatic rings. The summed E-state index contributed by atoms with van der Waals surface area (Å²) in [6, 6.07) is 9.71. The smallest absolute Gasteiger partial charge is 0.191 e. The van der Waals surface area contributed by atoms with E-state index in [4.69, 9.17) is 9.47 Å². The fraction of sp³-hybridized carbons (Fsp3) is 0.409. The minimum atomic E-state index is -0.568. The number of aliphatic imine (C=N–C) groups is 1. The van der Waals surface area contributed by atoms with Crippen molar-refractivity contribution >= 4 is 11.6 Å². The molecule has 2 aromatic carbocycles. The highest BCUT2D eigenvalue weighted by molar-refractivity contribution is 5.80. The number of hydrogen-bond acceptors (Lipinski definition) is 4. The highest BCUT2D eigenvalue weighted by Gasteiger charge is 2.24. The van der Waals surface area contributed by atoms with Gasteiger partial charge >= 0.3 is 0 Å². The van der Waals surface area contributed by atoms with Gasteiger partial charge in [0.25, 0.3) is 0 Å². The minimum Gasteiger partial charge on any atom is -0.497 e. The molecule has 162 valence electrons. The Morgan fingerprint density at radius 1 is 1.13 bits per heavy atom. The molecule has 6 nitrogen and oxygen atoms in total. The summed E-state index contributed by atoms with van der Waals surface area (Å²) < 4.78 is 37.5. The number of hydrogen-bond donors (Lipinski definition) is 2. The molecule has 0 spiro atoms. The molecule has 1 aliphatic heterocycles. The molecule has 1 atom stereocenters. The number of anilines is 1. The van der Waals surface area contributed by atoms with Crippen LogP contribution in [0.3, 0.4) is 0 Å². The standard InChI is InChI=1S/C22H28F2N4O2/c1-25-22(26-8-6-15-4-5-16(23)10-21(15)24)27-17-7-9-28(14-17)18-11-19(29-2)13-20(12-18)30-3/h4-5,10-13,17H,6-9,14H2,1-3H3,(H2,25,26,27). The molecule has 0 aliphatic carbocycles. The van der Waals surface area contributed by atoms with Crippen molar-refractivity contribution in [2.75, 3.05) is 45.8 Å². The number of nitrogens with zero attached hydrogens (tertiary/aromatic N) is 2.